The van der Waals surface area contributed by atoms with Gasteiger partial charge in [0.25, 0.3) is 0 Å². The van der Waals surface area contributed by atoms with Crippen molar-refractivity contribution in [3.63, 3.8) is 0 Å². The number of hydrogen-bond acceptors (Lipinski definition) is 6. The average molecular weight is 263 g/mol. The van der Waals surface area contributed by atoms with Crippen molar-refractivity contribution in [2.24, 2.45) is 0 Å². The molecule has 0 spiro atoms. The summed E-state index contributed by atoms with van der Waals surface area (Å²) in [6, 6.07) is -1.12. The van der Waals surface area contributed by atoms with Crippen LogP contribution in [0.4, 0.5) is 4.79 Å². The molecule has 1 fully saturated rings. The van der Waals surface area contributed by atoms with Gasteiger partial charge < -0.3 is 30.1 Å². The van der Waals surface area contributed by atoms with Gasteiger partial charge in [0, 0.05) is 0 Å². The molecule has 0 aromatic rings. The van der Waals surface area contributed by atoms with Gasteiger partial charge in [-0.15, -0.1) is 0 Å². The molecule has 5 atom stereocenters. The summed E-state index contributed by atoms with van der Waals surface area (Å²) in [6.45, 7) is 5.10. The summed E-state index contributed by atoms with van der Waals surface area (Å²) in [6.07, 6.45) is -5.17. The van der Waals surface area contributed by atoms with E-state index < -0.39 is 36.7 Å². The molecule has 4 N–H and O–H groups in total. The summed E-state index contributed by atoms with van der Waals surface area (Å²) in [7, 11) is 0. The number of aliphatic hydroxyl groups excluding tert-OH is 3. The number of alkyl carbamates (subject to hydrolysis) is 1. The van der Waals surface area contributed by atoms with Crippen molar-refractivity contribution in [2.75, 3.05) is 0 Å². The van der Waals surface area contributed by atoms with Gasteiger partial charge in [-0.05, 0) is 20.3 Å². The lowest BCUT2D eigenvalue weighted by molar-refractivity contribution is -0.246. The number of rotatable bonds is 3. The number of amides is 1. The molecule has 5 unspecified atom stereocenters. The van der Waals surface area contributed by atoms with Crippen molar-refractivity contribution in [2.45, 2.75) is 63.9 Å². The SMILES string of the molecule is CCC1OC(O)C(NC(=O)OC(C)C)C(O)C1O. The molecule has 1 aliphatic rings. The van der Waals surface area contributed by atoms with Crippen molar-refractivity contribution in [1.82, 2.24) is 5.32 Å². The summed E-state index contributed by atoms with van der Waals surface area (Å²) in [4.78, 5) is 11.4. The highest BCUT2D eigenvalue weighted by molar-refractivity contribution is 5.68. The van der Waals surface area contributed by atoms with E-state index in [1.165, 1.54) is 0 Å². The zero-order chi connectivity index (χ0) is 13.9. The smallest absolute Gasteiger partial charge is 0.407 e. The maximum Gasteiger partial charge on any atom is 0.407 e. The summed E-state index contributed by atoms with van der Waals surface area (Å²) in [5.74, 6) is 0. The average Bonchev–Trinajstić information content (AvgIpc) is 2.28. The number of carbonyl (C=O) groups is 1. The zero-order valence-electron chi connectivity index (χ0n) is 10.7. The Morgan fingerprint density at radius 1 is 1.33 bits per heavy atom. The number of carbonyl (C=O) groups excluding carboxylic acids is 1. The molecule has 1 aliphatic heterocycles. The van der Waals surface area contributed by atoms with Crippen LogP contribution in [0.3, 0.4) is 0 Å². The Morgan fingerprint density at radius 3 is 2.44 bits per heavy atom. The topological polar surface area (TPSA) is 108 Å². The molecule has 18 heavy (non-hydrogen) atoms. The van der Waals surface area contributed by atoms with E-state index in [-0.39, 0.29) is 6.10 Å². The highest BCUT2D eigenvalue weighted by Crippen LogP contribution is 2.21. The Labute approximate surface area is 106 Å². The van der Waals surface area contributed by atoms with E-state index in [4.69, 9.17) is 9.47 Å². The minimum absolute atomic E-state index is 0.322. The van der Waals surface area contributed by atoms with E-state index in [0.29, 0.717) is 6.42 Å². The molecular weight excluding hydrogens is 242 g/mol. The maximum absolute atomic E-state index is 11.4. The lowest BCUT2D eigenvalue weighted by atomic mass is 9.95. The summed E-state index contributed by atoms with van der Waals surface area (Å²) < 4.78 is 9.94. The standard InChI is InChI=1S/C11H21NO6/c1-4-6-8(13)9(14)7(10(15)18-6)12-11(16)17-5(2)3/h5-10,13-15H,4H2,1-3H3,(H,12,16). The normalized spacial score (nSPS) is 36.5. The van der Waals surface area contributed by atoms with Crippen molar-refractivity contribution >= 4 is 6.09 Å². The van der Waals surface area contributed by atoms with Gasteiger partial charge in [0.05, 0.1) is 12.2 Å². The van der Waals surface area contributed by atoms with Crippen LogP contribution in [0.15, 0.2) is 0 Å². The van der Waals surface area contributed by atoms with Crippen LogP contribution in [0.1, 0.15) is 27.2 Å². The minimum Gasteiger partial charge on any atom is -0.447 e. The second-order valence-electron chi connectivity index (χ2n) is 4.58. The first kappa shape index (κ1) is 15.2. The second-order valence-corrected chi connectivity index (χ2v) is 4.58. The van der Waals surface area contributed by atoms with E-state index in [1.807, 2.05) is 0 Å². The third-order valence-corrected chi connectivity index (χ3v) is 2.75. The van der Waals surface area contributed by atoms with Gasteiger partial charge in [-0.25, -0.2) is 4.79 Å². The summed E-state index contributed by atoms with van der Waals surface area (Å²) in [5.41, 5.74) is 0. The number of hydrogen-bond donors (Lipinski definition) is 4. The molecule has 7 heteroatoms. The molecule has 106 valence electrons. The molecule has 0 aliphatic carbocycles. The van der Waals surface area contributed by atoms with Crippen LogP contribution in [0, 0.1) is 0 Å². The minimum atomic E-state index is -1.38. The van der Waals surface area contributed by atoms with Crippen molar-refractivity contribution < 1.29 is 29.6 Å². The van der Waals surface area contributed by atoms with E-state index in [0.717, 1.165) is 0 Å². The Hall–Kier alpha value is -0.890. The van der Waals surface area contributed by atoms with Gasteiger partial charge >= 0.3 is 6.09 Å². The van der Waals surface area contributed by atoms with Gasteiger partial charge in [-0.2, -0.15) is 0 Å². The van der Waals surface area contributed by atoms with Gasteiger partial charge in [-0.1, -0.05) is 6.92 Å². The van der Waals surface area contributed by atoms with Crippen LogP contribution in [0.25, 0.3) is 0 Å². The van der Waals surface area contributed by atoms with Crippen LogP contribution in [-0.4, -0.2) is 58.2 Å². The van der Waals surface area contributed by atoms with E-state index >= 15 is 0 Å². The molecule has 1 heterocycles. The lowest BCUT2D eigenvalue weighted by Gasteiger charge is -2.40. The lowest BCUT2D eigenvalue weighted by Crippen LogP contribution is -2.63. The molecule has 0 saturated carbocycles. The fourth-order valence-corrected chi connectivity index (χ4v) is 1.82. The Morgan fingerprint density at radius 2 is 1.94 bits per heavy atom. The summed E-state index contributed by atoms with van der Waals surface area (Å²) >= 11 is 0. The predicted molar refractivity (Wildman–Crippen MR) is 61.7 cm³/mol. The second kappa shape index (κ2) is 6.33. The molecule has 1 amide bonds. The molecule has 1 saturated heterocycles. The first-order valence-electron chi connectivity index (χ1n) is 6.03. The van der Waals surface area contributed by atoms with Crippen molar-refractivity contribution in [1.29, 1.82) is 0 Å². The van der Waals surface area contributed by atoms with Crippen LogP contribution in [0.5, 0.6) is 0 Å². The van der Waals surface area contributed by atoms with Crippen LogP contribution >= 0.6 is 0 Å². The number of ether oxygens (including phenoxy) is 2. The van der Waals surface area contributed by atoms with E-state index in [9.17, 15) is 20.1 Å². The third-order valence-electron chi connectivity index (χ3n) is 2.75. The molecule has 0 radical (unpaired) electrons. The molecular formula is C11H21NO6. The van der Waals surface area contributed by atoms with E-state index in [2.05, 4.69) is 5.32 Å². The Bertz CT molecular complexity index is 285. The fourth-order valence-electron chi connectivity index (χ4n) is 1.82. The first-order chi connectivity index (χ1) is 8.36. The maximum atomic E-state index is 11.4. The molecule has 0 aromatic carbocycles. The largest absolute Gasteiger partial charge is 0.447 e. The summed E-state index contributed by atoms with van der Waals surface area (Å²) in [5, 5.41) is 31.5. The highest BCUT2D eigenvalue weighted by atomic mass is 16.6. The molecule has 7 nitrogen and oxygen atoms in total. The Kier molecular flexibility index (Phi) is 5.33. The van der Waals surface area contributed by atoms with Gasteiger partial charge in [0.2, 0.25) is 0 Å². The molecule has 0 aromatic heterocycles. The van der Waals surface area contributed by atoms with Gasteiger partial charge in [0.15, 0.2) is 6.29 Å². The Balaban J connectivity index is 2.62. The predicted octanol–water partition coefficient (Wildman–Crippen LogP) is -0.661. The molecule has 1 rings (SSSR count). The molecule has 0 bridgehead atoms. The van der Waals surface area contributed by atoms with Crippen molar-refractivity contribution in [3.05, 3.63) is 0 Å². The zero-order valence-corrected chi connectivity index (χ0v) is 10.7. The van der Waals surface area contributed by atoms with Crippen LogP contribution < -0.4 is 5.32 Å². The van der Waals surface area contributed by atoms with Crippen molar-refractivity contribution in [3.8, 4) is 0 Å². The van der Waals surface area contributed by atoms with Gasteiger partial charge in [-0.3, -0.25) is 0 Å². The monoisotopic (exact) mass is 263 g/mol. The van der Waals surface area contributed by atoms with Crippen LogP contribution in [-0.2, 0) is 9.47 Å². The fraction of sp³-hybridized carbons (Fsp3) is 0.909. The third kappa shape index (κ3) is 3.55. The first-order valence-corrected chi connectivity index (χ1v) is 6.03. The quantitative estimate of drug-likeness (QED) is 0.538. The highest BCUT2D eigenvalue weighted by Gasteiger charge is 2.44. The number of nitrogens with one attached hydrogen (secondary N) is 1. The number of aliphatic hydroxyl groups is 3. The van der Waals surface area contributed by atoms with Crippen LogP contribution in [0.2, 0.25) is 0 Å². The van der Waals surface area contributed by atoms with E-state index in [1.54, 1.807) is 20.8 Å². The van der Waals surface area contributed by atoms with Gasteiger partial charge in [0.1, 0.15) is 18.2 Å².